The van der Waals surface area contributed by atoms with Crippen LogP contribution in [0.2, 0.25) is 0 Å². The molecule has 0 bridgehead atoms. The molecule has 6 nitrogen and oxygen atoms in total. The first-order chi connectivity index (χ1) is 28.5. The number of para-hydroxylation sites is 1. The van der Waals surface area contributed by atoms with Crippen molar-refractivity contribution in [1.82, 2.24) is 29.5 Å². The molecule has 274 valence electrons. The fraction of sp³-hybridized carbons (Fsp3) is 0.0577. The Labute approximate surface area is 336 Å². The Morgan fingerprint density at radius 3 is 1.60 bits per heavy atom. The summed E-state index contributed by atoms with van der Waals surface area (Å²) in [7, 11) is 0. The normalized spacial score (nSPS) is 12.8. The van der Waals surface area contributed by atoms with Gasteiger partial charge in [-0.25, -0.2) is 15.0 Å². The number of nitrogens with zero attached hydrogens (tertiary/aromatic N) is 6. The van der Waals surface area contributed by atoms with Gasteiger partial charge in [0.1, 0.15) is 11.4 Å². The van der Waals surface area contributed by atoms with E-state index in [4.69, 9.17) is 15.0 Å². The molecule has 11 rings (SSSR count). The molecule has 0 N–H and O–H groups in total. The predicted molar refractivity (Wildman–Crippen MR) is 234 cm³/mol. The molecule has 0 fully saturated rings. The molecule has 6 heteroatoms. The third kappa shape index (κ3) is 5.30. The Morgan fingerprint density at radius 1 is 0.431 bits per heavy atom. The molecule has 6 aromatic carbocycles. The molecule has 0 amide bonds. The lowest BCUT2D eigenvalue weighted by Crippen LogP contribution is -2.16. The standard InChI is InChI=1S/C52H36N6/c1-52(2)42-23-11-9-21-36(42)38-27-28-39-37-22-10-12-26-45(37)58(48(39)46(38)52)47-40(33-17-5-3-6-18-33)31-35(32-41(47)34-19-7-4-8-20-34)49-55-50(43-24-13-15-29-53-43)57-51(56-49)44-25-14-16-30-54-44/h3-32H,1-2H3. The van der Waals surface area contributed by atoms with E-state index in [9.17, 15) is 0 Å². The van der Waals surface area contributed by atoms with Gasteiger partial charge in [0.25, 0.3) is 0 Å². The van der Waals surface area contributed by atoms with Crippen molar-refractivity contribution in [2.75, 3.05) is 0 Å². The Morgan fingerprint density at radius 2 is 0.983 bits per heavy atom. The van der Waals surface area contributed by atoms with Crippen LogP contribution in [-0.4, -0.2) is 29.5 Å². The number of hydrogen-bond acceptors (Lipinski definition) is 5. The van der Waals surface area contributed by atoms with Gasteiger partial charge < -0.3 is 4.57 Å². The first-order valence-corrected chi connectivity index (χ1v) is 19.6. The van der Waals surface area contributed by atoms with Gasteiger partial charge in [-0.2, -0.15) is 0 Å². The van der Waals surface area contributed by atoms with E-state index >= 15 is 0 Å². The second-order valence-electron chi connectivity index (χ2n) is 15.3. The Hall–Kier alpha value is -7.57. The van der Waals surface area contributed by atoms with Gasteiger partial charge in [-0.15, -0.1) is 0 Å². The zero-order chi connectivity index (χ0) is 38.8. The van der Waals surface area contributed by atoms with Crippen LogP contribution in [0, 0.1) is 0 Å². The maximum Gasteiger partial charge on any atom is 0.182 e. The fourth-order valence-electron chi connectivity index (χ4n) is 8.95. The van der Waals surface area contributed by atoms with Gasteiger partial charge in [-0.3, -0.25) is 9.97 Å². The summed E-state index contributed by atoms with van der Waals surface area (Å²) < 4.78 is 2.54. The average Bonchev–Trinajstić information content (AvgIpc) is 3.75. The number of aromatic nitrogens is 6. The fourth-order valence-corrected chi connectivity index (χ4v) is 8.95. The lowest BCUT2D eigenvalue weighted by molar-refractivity contribution is 0.664. The van der Waals surface area contributed by atoms with Crippen molar-refractivity contribution in [3.8, 4) is 73.5 Å². The molecule has 0 radical (unpaired) electrons. The summed E-state index contributed by atoms with van der Waals surface area (Å²) in [5.41, 5.74) is 14.9. The Bertz CT molecular complexity index is 3060. The highest BCUT2D eigenvalue weighted by molar-refractivity contribution is 6.14. The molecule has 10 aromatic rings. The summed E-state index contributed by atoms with van der Waals surface area (Å²) >= 11 is 0. The van der Waals surface area contributed by atoms with Crippen molar-refractivity contribution >= 4 is 21.8 Å². The average molecular weight is 745 g/mol. The van der Waals surface area contributed by atoms with E-state index in [-0.39, 0.29) is 5.41 Å². The molecule has 0 unspecified atom stereocenters. The molecule has 0 saturated carbocycles. The van der Waals surface area contributed by atoms with Crippen molar-refractivity contribution in [3.05, 3.63) is 193 Å². The SMILES string of the molecule is CC1(C)c2ccccc2-c2ccc3c4ccccc4n(-c4c(-c5ccccc5)cc(-c5nc(-c6ccccn6)nc(-c6ccccn6)n5)cc4-c4ccccc4)c3c21. The van der Waals surface area contributed by atoms with Crippen LogP contribution >= 0.6 is 0 Å². The summed E-state index contributed by atoms with van der Waals surface area (Å²) in [5, 5.41) is 2.45. The van der Waals surface area contributed by atoms with Gasteiger partial charge in [0, 0.05) is 45.3 Å². The molecule has 4 heterocycles. The molecule has 0 saturated heterocycles. The van der Waals surface area contributed by atoms with Gasteiger partial charge in [0.2, 0.25) is 0 Å². The number of fused-ring (bicyclic) bond motifs is 7. The van der Waals surface area contributed by atoms with E-state index in [0.29, 0.717) is 28.9 Å². The Kier molecular flexibility index (Phi) is 7.73. The largest absolute Gasteiger partial charge is 0.308 e. The van der Waals surface area contributed by atoms with Crippen molar-refractivity contribution in [2.45, 2.75) is 19.3 Å². The second-order valence-corrected chi connectivity index (χ2v) is 15.3. The summed E-state index contributed by atoms with van der Waals surface area (Å²) in [6, 6.07) is 59.8. The summed E-state index contributed by atoms with van der Waals surface area (Å²) in [5.74, 6) is 1.51. The first kappa shape index (κ1) is 33.7. The van der Waals surface area contributed by atoms with Crippen LogP contribution in [0.3, 0.4) is 0 Å². The van der Waals surface area contributed by atoms with Crippen molar-refractivity contribution in [2.24, 2.45) is 0 Å². The summed E-state index contributed by atoms with van der Waals surface area (Å²) in [6.07, 6.45) is 3.52. The van der Waals surface area contributed by atoms with Crippen LogP contribution < -0.4 is 0 Å². The third-order valence-corrected chi connectivity index (χ3v) is 11.5. The van der Waals surface area contributed by atoms with E-state index in [0.717, 1.165) is 39.0 Å². The Balaban J connectivity index is 1.28. The number of hydrogen-bond donors (Lipinski definition) is 0. The van der Waals surface area contributed by atoms with Gasteiger partial charge in [0.05, 0.1) is 16.7 Å². The quantitative estimate of drug-likeness (QED) is 0.170. The van der Waals surface area contributed by atoms with Crippen LogP contribution in [0.25, 0.3) is 95.3 Å². The second kappa shape index (κ2) is 13.3. The highest BCUT2D eigenvalue weighted by atomic mass is 15.1. The van der Waals surface area contributed by atoms with E-state index < -0.39 is 0 Å². The zero-order valence-corrected chi connectivity index (χ0v) is 32.0. The van der Waals surface area contributed by atoms with Crippen LogP contribution in [0.4, 0.5) is 0 Å². The highest BCUT2D eigenvalue weighted by Gasteiger charge is 2.39. The molecule has 4 aromatic heterocycles. The van der Waals surface area contributed by atoms with E-state index in [1.807, 2.05) is 36.4 Å². The molecule has 1 aliphatic rings. The lowest BCUT2D eigenvalue weighted by atomic mass is 9.81. The van der Waals surface area contributed by atoms with Crippen LogP contribution in [-0.2, 0) is 5.41 Å². The van der Waals surface area contributed by atoms with Gasteiger partial charge in [0.15, 0.2) is 17.5 Å². The number of benzene rings is 6. The topological polar surface area (TPSA) is 69.4 Å². The van der Waals surface area contributed by atoms with Crippen LogP contribution in [0.5, 0.6) is 0 Å². The van der Waals surface area contributed by atoms with Crippen LogP contribution in [0.15, 0.2) is 182 Å². The summed E-state index contributed by atoms with van der Waals surface area (Å²) in [6.45, 7) is 4.75. The van der Waals surface area contributed by atoms with Gasteiger partial charge in [-0.1, -0.05) is 141 Å². The van der Waals surface area contributed by atoms with E-state index in [1.165, 1.54) is 38.5 Å². The first-order valence-electron chi connectivity index (χ1n) is 19.6. The lowest BCUT2D eigenvalue weighted by Gasteiger charge is -2.25. The van der Waals surface area contributed by atoms with E-state index in [2.05, 4.69) is 162 Å². The zero-order valence-electron chi connectivity index (χ0n) is 32.0. The maximum absolute atomic E-state index is 5.13. The smallest absolute Gasteiger partial charge is 0.182 e. The molecule has 58 heavy (non-hydrogen) atoms. The predicted octanol–water partition coefficient (Wildman–Crippen LogP) is 12.4. The minimum absolute atomic E-state index is 0.244. The minimum atomic E-state index is -0.244. The monoisotopic (exact) mass is 744 g/mol. The molecule has 0 aliphatic heterocycles. The van der Waals surface area contributed by atoms with Gasteiger partial charge in [-0.05, 0) is 75.8 Å². The van der Waals surface area contributed by atoms with Crippen molar-refractivity contribution < 1.29 is 0 Å². The third-order valence-electron chi connectivity index (χ3n) is 11.5. The van der Waals surface area contributed by atoms with Gasteiger partial charge >= 0.3 is 0 Å². The van der Waals surface area contributed by atoms with E-state index in [1.54, 1.807) is 12.4 Å². The maximum atomic E-state index is 5.13. The highest BCUT2D eigenvalue weighted by Crippen LogP contribution is 2.54. The number of rotatable bonds is 6. The molecule has 0 spiro atoms. The number of pyridine rings is 2. The molecule has 0 atom stereocenters. The van der Waals surface area contributed by atoms with Crippen molar-refractivity contribution in [3.63, 3.8) is 0 Å². The molecular weight excluding hydrogens is 709 g/mol. The molecular formula is C52H36N6. The van der Waals surface area contributed by atoms with Crippen LogP contribution in [0.1, 0.15) is 25.0 Å². The van der Waals surface area contributed by atoms with Crippen molar-refractivity contribution in [1.29, 1.82) is 0 Å². The minimum Gasteiger partial charge on any atom is -0.308 e. The molecule has 1 aliphatic carbocycles. The summed E-state index contributed by atoms with van der Waals surface area (Å²) in [4.78, 5) is 24.4.